The van der Waals surface area contributed by atoms with Gasteiger partial charge in [0.25, 0.3) is 0 Å². The quantitative estimate of drug-likeness (QED) is 0.372. The third kappa shape index (κ3) is 7.16. The van der Waals surface area contributed by atoms with Crippen LogP contribution in [0, 0.1) is 0 Å². The third-order valence-electron chi connectivity index (χ3n) is 2.98. The van der Waals surface area contributed by atoms with Gasteiger partial charge in [-0.25, -0.2) is 10.1 Å². The van der Waals surface area contributed by atoms with Crippen LogP contribution in [-0.4, -0.2) is 83.4 Å². The smallest absolute Gasteiger partial charge is 0.247 e. The van der Waals surface area contributed by atoms with Gasteiger partial charge in [-0.2, -0.15) is 0 Å². The number of hydrogen-bond acceptors (Lipinski definition) is 8. The SMILES string of the molecule is CN(O)C(=O)CCOC1CSSCC1OCCC(=O)N(C)O. The molecule has 0 aromatic carbocycles. The standard InChI is InChI=1S/C12H22N2O6S2/c1-13(17)11(15)3-5-19-9-7-21-22-8-10(9)20-6-4-12(16)14(2)18/h9-10,17-18H,3-8H2,1-2H3. The molecule has 0 aliphatic carbocycles. The Bertz CT molecular complexity index is 336. The molecule has 0 bridgehead atoms. The van der Waals surface area contributed by atoms with Gasteiger partial charge in [-0.15, -0.1) is 0 Å². The van der Waals surface area contributed by atoms with E-state index in [9.17, 15) is 9.59 Å². The van der Waals surface area contributed by atoms with Crippen molar-refractivity contribution in [3.63, 3.8) is 0 Å². The zero-order valence-corrected chi connectivity index (χ0v) is 14.3. The Morgan fingerprint density at radius 1 is 0.955 bits per heavy atom. The molecule has 22 heavy (non-hydrogen) atoms. The normalized spacial score (nSPS) is 21.5. The molecule has 1 fully saturated rings. The fourth-order valence-electron chi connectivity index (χ4n) is 1.67. The Balaban J connectivity index is 2.30. The van der Waals surface area contributed by atoms with E-state index in [0.717, 1.165) is 11.5 Å². The highest BCUT2D eigenvalue weighted by atomic mass is 33.1. The summed E-state index contributed by atoms with van der Waals surface area (Å²) < 4.78 is 11.3. The topological polar surface area (TPSA) is 99.5 Å². The lowest BCUT2D eigenvalue weighted by Crippen LogP contribution is -2.39. The maximum atomic E-state index is 11.3. The van der Waals surface area contributed by atoms with Gasteiger partial charge in [0.15, 0.2) is 0 Å². The molecule has 1 aliphatic heterocycles. The van der Waals surface area contributed by atoms with E-state index in [0.29, 0.717) is 10.1 Å². The molecule has 1 saturated heterocycles. The first-order valence-corrected chi connectivity index (χ1v) is 9.29. The Morgan fingerprint density at radius 2 is 1.32 bits per heavy atom. The first kappa shape index (κ1) is 19.5. The van der Waals surface area contributed by atoms with Gasteiger partial charge in [0.05, 0.1) is 38.3 Å². The molecule has 2 amide bonds. The average Bonchev–Trinajstić information content (AvgIpc) is 2.48. The minimum atomic E-state index is -0.410. The van der Waals surface area contributed by atoms with Crippen LogP contribution in [0.5, 0.6) is 0 Å². The van der Waals surface area contributed by atoms with Crippen molar-refractivity contribution in [1.82, 2.24) is 10.1 Å². The molecule has 0 saturated carbocycles. The predicted molar refractivity (Wildman–Crippen MR) is 82.7 cm³/mol. The second-order valence-corrected chi connectivity index (χ2v) is 7.27. The maximum Gasteiger partial charge on any atom is 0.247 e. The molecule has 0 radical (unpaired) electrons. The number of carbonyl (C=O) groups is 2. The highest BCUT2D eigenvalue weighted by Gasteiger charge is 2.28. The van der Waals surface area contributed by atoms with Crippen molar-refractivity contribution in [2.75, 3.05) is 38.8 Å². The van der Waals surface area contributed by atoms with Gasteiger partial charge in [0, 0.05) is 25.6 Å². The predicted octanol–water partition coefficient (Wildman–Crippen LogP) is 0.627. The molecule has 1 rings (SSSR count). The second-order valence-electron chi connectivity index (χ2n) is 4.72. The van der Waals surface area contributed by atoms with Gasteiger partial charge < -0.3 is 9.47 Å². The van der Waals surface area contributed by atoms with Crippen LogP contribution < -0.4 is 0 Å². The monoisotopic (exact) mass is 354 g/mol. The number of nitrogens with zero attached hydrogens (tertiary/aromatic N) is 2. The molecular formula is C12H22N2O6S2. The first-order valence-electron chi connectivity index (χ1n) is 6.80. The van der Waals surface area contributed by atoms with Crippen LogP contribution in [0.4, 0.5) is 0 Å². The van der Waals surface area contributed by atoms with Crippen molar-refractivity contribution in [3.8, 4) is 0 Å². The van der Waals surface area contributed by atoms with Crippen molar-refractivity contribution < 1.29 is 29.5 Å². The lowest BCUT2D eigenvalue weighted by molar-refractivity contribution is -0.163. The van der Waals surface area contributed by atoms with Gasteiger partial charge >= 0.3 is 0 Å². The first-order chi connectivity index (χ1) is 10.4. The highest BCUT2D eigenvalue weighted by molar-refractivity contribution is 8.76. The zero-order chi connectivity index (χ0) is 16.5. The van der Waals surface area contributed by atoms with Crippen molar-refractivity contribution in [2.45, 2.75) is 25.0 Å². The molecule has 128 valence electrons. The van der Waals surface area contributed by atoms with Crippen molar-refractivity contribution in [1.29, 1.82) is 0 Å². The molecule has 2 atom stereocenters. The van der Waals surface area contributed by atoms with Gasteiger partial charge in [-0.05, 0) is 0 Å². The summed E-state index contributed by atoms with van der Waals surface area (Å²) in [7, 11) is 5.89. The van der Waals surface area contributed by atoms with Crippen molar-refractivity contribution in [3.05, 3.63) is 0 Å². The number of ether oxygens (including phenoxy) is 2. The highest BCUT2D eigenvalue weighted by Crippen LogP contribution is 2.32. The molecule has 1 heterocycles. The molecule has 2 unspecified atom stereocenters. The summed E-state index contributed by atoms with van der Waals surface area (Å²) in [5.41, 5.74) is 0. The van der Waals surface area contributed by atoms with Crippen LogP contribution in [0.25, 0.3) is 0 Å². The largest absolute Gasteiger partial charge is 0.374 e. The Hall–Kier alpha value is -0.520. The lowest BCUT2D eigenvalue weighted by Gasteiger charge is -2.30. The molecule has 10 heteroatoms. The van der Waals surface area contributed by atoms with Gasteiger partial charge in [0.1, 0.15) is 0 Å². The summed E-state index contributed by atoms with van der Waals surface area (Å²) in [5, 5.41) is 19.0. The molecular weight excluding hydrogens is 332 g/mol. The molecule has 0 spiro atoms. The molecule has 1 aliphatic rings. The van der Waals surface area contributed by atoms with E-state index < -0.39 is 11.8 Å². The minimum Gasteiger partial charge on any atom is -0.374 e. The van der Waals surface area contributed by atoms with E-state index >= 15 is 0 Å². The summed E-state index contributed by atoms with van der Waals surface area (Å²) >= 11 is 0. The fourth-order valence-corrected chi connectivity index (χ4v) is 4.14. The van der Waals surface area contributed by atoms with Gasteiger partial charge in [-0.1, -0.05) is 21.6 Å². The summed E-state index contributed by atoms with van der Waals surface area (Å²) in [6.45, 7) is 0.412. The number of hydrogen-bond donors (Lipinski definition) is 2. The Kier molecular flexibility index (Phi) is 9.13. The van der Waals surface area contributed by atoms with Crippen LogP contribution in [0.2, 0.25) is 0 Å². The Labute approximate surface area is 137 Å². The number of amides is 2. The summed E-state index contributed by atoms with van der Waals surface area (Å²) in [6, 6.07) is 0. The number of hydroxylamine groups is 4. The van der Waals surface area contributed by atoms with Crippen LogP contribution >= 0.6 is 21.6 Å². The van der Waals surface area contributed by atoms with E-state index in [1.54, 1.807) is 21.6 Å². The van der Waals surface area contributed by atoms with E-state index in [1.807, 2.05) is 0 Å². The molecule has 0 aromatic rings. The summed E-state index contributed by atoms with van der Waals surface area (Å²) in [4.78, 5) is 22.5. The summed E-state index contributed by atoms with van der Waals surface area (Å²) in [5.74, 6) is 0.636. The lowest BCUT2D eigenvalue weighted by atomic mass is 10.2. The third-order valence-corrected chi connectivity index (χ3v) is 5.39. The van der Waals surface area contributed by atoms with Gasteiger partial charge in [0.2, 0.25) is 11.8 Å². The van der Waals surface area contributed by atoms with Crippen LogP contribution in [-0.2, 0) is 19.1 Å². The van der Waals surface area contributed by atoms with Gasteiger partial charge in [-0.3, -0.25) is 20.0 Å². The fraction of sp³-hybridized carbons (Fsp3) is 0.833. The van der Waals surface area contributed by atoms with E-state index in [-0.39, 0.29) is 38.3 Å². The molecule has 0 aromatic heterocycles. The number of rotatable bonds is 8. The van der Waals surface area contributed by atoms with Crippen LogP contribution in [0.15, 0.2) is 0 Å². The molecule has 8 nitrogen and oxygen atoms in total. The minimum absolute atomic E-state index is 0.0990. The zero-order valence-electron chi connectivity index (χ0n) is 12.6. The molecule has 2 N–H and O–H groups in total. The van der Waals surface area contributed by atoms with Crippen LogP contribution in [0.1, 0.15) is 12.8 Å². The van der Waals surface area contributed by atoms with E-state index in [4.69, 9.17) is 19.9 Å². The maximum absolute atomic E-state index is 11.3. The number of carbonyl (C=O) groups excluding carboxylic acids is 2. The van der Waals surface area contributed by atoms with E-state index in [1.165, 1.54) is 14.1 Å². The average molecular weight is 354 g/mol. The van der Waals surface area contributed by atoms with E-state index in [2.05, 4.69) is 0 Å². The van der Waals surface area contributed by atoms with Crippen molar-refractivity contribution >= 4 is 33.4 Å². The Morgan fingerprint density at radius 3 is 1.64 bits per heavy atom. The van der Waals surface area contributed by atoms with Crippen LogP contribution in [0.3, 0.4) is 0 Å². The van der Waals surface area contributed by atoms with Crippen molar-refractivity contribution in [2.24, 2.45) is 0 Å². The second kappa shape index (κ2) is 10.3. The summed E-state index contributed by atoms with van der Waals surface area (Å²) in [6.07, 6.45) is -0.126.